The van der Waals surface area contributed by atoms with Gasteiger partial charge in [-0.25, -0.2) is 4.79 Å². The van der Waals surface area contributed by atoms with Gasteiger partial charge in [0.25, 0.3) is 5.91 Å². The number of nitrogens with one attached hydrogen (secondary N) is 1. The highest BCUT2D eigenvalue weighted by molar-refractivity contribution is 7.99. The molecule has 0 fully saturated rings. The molecule has 26 heavy (non-hydrogen) atoms. The van der Waals surface area contributed by atoms with E-state index in [1.807, 2.05) is 13.0 Å². The fourth-order valence-corrected chi connectivity index (χ4v) is 2.96. The van der Waals surface area contributed by atoms with E-state index in [0.717, 1.165) is 10.6 Å². The van der Waals surface area contributed by atoms with Crippen LogP contribution in [-0.4, -0.2) is 30.8 Å². The third-order valence-corrected chi connectivity index (χ3v) is 4.72. The molecule has 136 valence electrons. The maximum atomic E-state index is 11.7. The van der Waals surface area contributed by atoms with E-state index >= 15 is 0 Å². The molecule has 2 aromatic carbocycles. The van der Waals surface area contributed by atoms with E-state index < -0.39 is 5.97 Å². The van der Waals surface area contributed by atoms with Crippen LogP contribution in [0.1, 0.15) is 11.1 Å². The molecule has 4 nitrogen and oxygen atoms in total. The summed E-state index contributed by atoms with van der Waals surface area (Å²) in [6.07, 6.45) is 2.81. The van der Waals surface area contributed by atoms with Crippen LogP contribution in [-0.2, 0) is 14.3 Å². The van der Waals surface area contributed by atoms with Crippen LogP contribution in [0, 0.1) is 6.92 Å². The van der Waals surface area contributed by atoms with Crippen LogP contribution in [0.3, 0.4) is 0 Å². The number of carbonyl (C=O) groups is 2. The van der Waals surface area contributed by atoms with Gasteiger partial charge in [-0.1, -0.05) is 47.5 Å². The van der Waals surface area contributed by atoms with Crippen molar-refractivity contribution in [2.45, 2.75) is 11.8 Å². The summed E-state index contributed by atoms with van der Waals surface area (Å²) in [5.74, 6) is -0.169. The maximum absolute atomic E-state index is 11.7. The molecule has 0 heterocycles. The van der Waals surface area contributed by atoms with E-state index in [-0.39, 0.29) is 12.5 Å². The average Bonchev–Trinajstić information content (AvgIpc) is 2.64. The predicted molar refractivity (Wildman–Crippen MR) is 106 cm³/mol. The van der Waals surface area contributed by atoms with Crippen molar-refractivity contribution >= 4 is 41.3 Å². The lowest BCUT2D eigenvalue weighted by Gasteiger charge is -2.06. The topological polar surface area (TPSA) is 55.4 Å². The van der Waals surface area contributed by atoms with E-state index in [4.69, 9.17) is 16.3 Å². The number of aryl methyl sites for hydroxylation is 1. The Morgan fingerprint density at radius 1 is 1.15 bits per heavy atom. The number of amides is 1. The van der Waals surface area contributed by atoms with E-state index in [2.05, 4.69) is 29.6 Å². The van der Waals surface area contributed by atoms with Gasteiger partial charge in [-0.05, 0) is 36.8 Å². The number of halogens is 1. The molecule has 0 spiro atoms. The molecular weight excluding hydrogens is 370 g/mol. The Bertz CT molecular complexity index is 775. The fraction of sp³-hybridized carbons (Fsp3) is 0.200. The monoisotopic (exact) mass is 389 g/mol. The molecule has 0 saturated carbocycles. The highest BCUT2D eigenvalue weighted by atomic mass is 35.5. The third kappa shape index (κ3) is 7.33. The van der Waals surface area contributed by atoms with Crippen LogP contribution >= 0.6 is 23.4 Å². The molecule has 0 aliphatic carbocycles. The predicted octanol–water partition coefficient (Wildman–Crippen LogP) is 4.11. The molecule has 0 aliphatic heterocycles. The third-order valence-electron chi connectivity index (χ3n) is 3.36. The molecule has 0 aliphatic rings. The largest absolute Gasteiger partial charge is 0.452 e. The Morgan fingerprint density at radius 3 is 2.62 bits per heavy atom. The second kappa shape index (κ2) is 10.7. The number of hydrogen-bond acceptors (Lipinski definition) is 4. The van der Waals surface area contributed by atoms with Crippen molar-refractivity contribution < 1.29 is 14.3 Å². The minimum Gasteiger partial charge on any atom is -0.452 e. The van der Waals surface area contributed by atoms with Gasteiger partial charge in [0.1, 0.15) is 0 Å². The Balaban J connectivity index is 1.62. The molecule has 1 N–H and O–H groups in total. The maximum Gasteiger partial charge on any atom is 0.331 e. The first-order valence-corrected chi connectivity index (χ1v) is 9.46. The van der Waals surface area contributed by atoms with E-state index in [0.29, 0.717) is 17.1 Å². The molecule has 0 radical (unpaired) electrons. The number of rotatable bonds is 8. The summed E-state index contributed by atoms with van der Waals surface area (Å²) >= 11 is 7.65. The minimum absolute atomic E-state index is 0.305. The first-order valence-electron chi connectivity index (χ1n) is 8.10. The summed E-state index contributed by atoms with van der Waals surface area (Å²) in [4.78, 5) is 24.5. The highest BCUT2D eigenvalue weighted by Gasteiger charge is 2.05. The molecule has 0 atom stereocenters. The smallest absolute Gasteiger partial charge is 0.331 e. The standard InChI is InChI=1S/C20H20ClNO3S/c1-15-6-9-17(10-7-15)26-13-12-22-19(23)14-25-20(24)11-8-16-4-2-3-5-18(16)21/h2-11H,12-14H2,1H3,(H,22,23)/b11-8+. The molecule has 1 amide bonds. The van der Waals surface area contributed by atoms with Crippen LogP contribution in [0.5, 0.6) is 0 Å². The quantitative estimate of drug-likeness (QED) is 0.319. The number of ether oxygens (including phenoxy) is 1. The van der Waals surface area contributed by atoms with Gasteiger partial charge in [0.2, 0.25) is 0 Å². The molecule has 0 aromatic heterocycles. The van der Waals surface area contributed by atoms with Gasteiger partial charge in [-0.15, -0.1) is 11.8 Å². The Hall–Kier alpha value is -2.24. The van der Waals surface area contributed by atoms with Crippen LogP contribution in [0.25, 0.3) is 6.08 Å². The van der Waals surface area contributed by atoms with Gasteiger partial charge < -0.3 is 10.1 Å². The van der Waals surface area contributed by atoms with Crippen molar-refractivity contribution in [1.82, 2.24) is 5.32 Å². The van der Waals surface area contributed by atoms with E-state index in [9.17, 15) is 9.59 Å². The van der Waals surface area contributed by atoms with Gasteiger partial charge in [-0.3, -0.25) is 4.79 Å². The fourth-order valence-electron chi connectivity index (χ4n) is 2.00. The first-order chi connectivity index (χ1) is 12.5. The Labute approximate surface area is 162 Å². The molecule has 2 aromatic rings. The van der Waals surface area contributed by atoms with Crippen molar-refractivity contribution in [3.8, 4) is 0 Å². The van der Waals surface area contributed by atoms with E-state index in [1.54, 1.807) is 36.0 Å². The van der Waals surface area contributed by atoms with Crippen molar-refractivity contribution in [2.24, 2.45) is 0 Å². The number of hydrogen-bond donors (Lipinski definition) is 1. The van der Waals surface area contributed by atoms with Crippen LogP contribution in [0.15, 0.2) is 59.5 Å². The second-order valence-electron chi connectivity index (χ2n) is 5.47. The summed E-state index contributed by atoms with van der Waals surface area (Å²) < 4.78 is 4.91. The Morgan fingerprint density at radius 2 is 1.88 bits per heavy atom. The second-order valence-corrected chi connectivity index (χ2v) is 7.05. The summed E-state index contributed by atoms with van der Waals surface area (Å²) in [5.41, 5.74) is 1.93. The number of esters is 1. The van der Waals surface area contributed by atoms with Gasteiger partial charge in [0.15, 0.2) is 6.61 Å². The number of carbonyl (C=O) groups excluding carboxylic acids is 2. The van der Waals surface area contributed by atoms with Crippen molar-refractivity contribution in [3.63, 3.8) is 0 Å². The van der Waals surface area contributed by atoms with E-state index in [1.165, 1.54) is 11.6 Å². The first kappa shape index (κ1) is 20.1. The normalized spacial score (nSPS) is 10.7. The van der Waals surface area contributed by atoms with Crippen molar-refractivity contribution in [3.05, 3.63) is 70.8 Å². The van der Waals surface area contributed by atoms with Gasteiger partial charge >= 0.3 is 5.97 Å². The molecule has 0 saturated heterocycles. The number of benzene rings is 2. The Kier molecular flexibility index (Phi) is 8.25. The summed E-state index contributed by atoms with van der Waals surface area (Å²) in [6.45, 7) is 2.24. The van der Waals surface area contributed by atoms with Gasteiger partial charge in [0, 0.05) is 28.3 Å². The summed E-state index contributed by atoms with van der Waals surface area (Å²) in [6, 6.07) is 15.3. The van der Waals surface area contributed by atoms with Crippen molar-refractivity contribution in [1.29, 1.82) is 0 Å². The lowest BCUT2D eigenvalue weighted by molar-refractivity contribution is -0.143. The molecule has 0 unspecified atom stereocenters. The van der Waals surface area contributed by atoms with Crippen LogP contribution in [0.2, 0.25) is 5.02 Å². The van der Waals surface area contributed by atoms with Crippen LogP contribution < -0.4 is 5.32 Å². The zero-order chi connectivity index (χ0) is 18.8. The zero-order valence-corrected chi connectivity index (χ0v) is 16.0. The van der Waals surface area contributed by atoms with Crippen LogP contribution in [0.4, 0.5) is 0 Å². The average molecular weight is 390 g/mol. The lowest BCUT2D eigenvalue weighted by atomic mass is 10.2. The van der Waals surface area contributed by atoms with Crippen molar-refractivity contribution in [2.75, 3.05) is 18.9 Å². The molecule has 2 rings (SSSR count). The zero-order valence-electron chi connectivity index (χ0n) is 14.4. The van der Waals surface area contributed by atoms with Gasteiger partial charge in [0.05, 0.1) is 0 Å². The van der Waals surface area contributed by atoms with Gasteiger partial charge in [-0.2, -0.15) is 0 Å². The minimum atomic E-state index is -0.589. The number of thioether (sulfide) groups is 1. The highest BCUT2D eigenvalue weighted by Crippen LogP contribution is 2.17. The summed E-state index contributed by atoms with van der Waals surface area (Å²) in [5, 5.41) is 3.26. The SMILES string of the molecule is Cc1ccc(SCCNC(=O)COC(=O)/C=C/c2ccccc2Cl)cc1. The molecular formula is C20H20ClNO3S. The summed E-state index contributed by atoms with van der Waals surface area (Å²) in [7, 11) is 0. The molecule has 0 bridgehead atoms. The lowest BCUT2D eigenvalue weighted by Crippen LogP contribution is -2.30. The molecule has 6 heteroatoms.